The summed E-state index contributed by atoms with van der Waals surface area (Å²) >= 11 is 1.44. The summed E-state index contributed by atoms with van der Waals surface area (Å²) in [5.41, 5.74) is 0. The van der Waals surface area contributed by atoms with Gasteiger partial charge in [0.1, 0.15) is 0 Å². The normalized spacial score (nSPS) is 18.2. The number of carbonyl (C=O) groups excluding carboxylic acids is 3. The average molecular weight is 224 g/mol. The second kappa shape index (κ2) is 3.47. The molecular formula is C9H8N2O3S. The monoisotopic (exact) mass is 224 g/mol. The SMILES string of the molecule is CC(c1cccs1)N1C(=O)NC(=O)C1=O. The molecule has 1 atom stereocenters. The molecular weight excluding hydrogens is 216 g/mol. The maximum absolute atomic E-state index is 11.4. The molecule has 1 N–H and O–H groups in total. The Hall–Kier alpha value is -1.69. The molecule has 1 aromatic rings. The molecule has 0 spiro atoms. The van der Waals surface area contributed by atoms with Gasteiger partial charge in [-0.3, -0.25) is 14.9 Å². The van der Waals surface area contributed by atoms with Gasteiger partial charge in [-0.15, -0.1) is 11.3 Å². The molecule has 1 unspecified atom stereocenters. The van der Waals surface area contributed by atoms with E-state index in [-0.39, 0.29) is 0 Å². The molecule has 4 amide bonds. The van der Waals surface area contributed by atoms with Gasteiger partial charge in [-0.2, -0.15) is 0 Å². The molecule has 2 heterocycles. The number of imide groups is 2. The van der Waals surface area contributed by atoms with E-state index >= 15 is 0 Å². The Kier molecular flexibility index (Phi) is 2.28. The second-order valence-corrected chi connectivity index (χ2v) is 4.11. The number of hydrogen-bond acceptors (Lipinski definition) is 4. The van der Waals surface area contributed by atoms with Crippen LogP contribution in [0.4, 0.5) is 4.79 Å². The highest BCUT2D eigenvalue weighted by molar-refractivity contribution is 7.10. The van der Waals surface area contributed by atoms with Crippen LogP contribution in [-0.4, -0.2) is 22.7 Å². The highest BCUT2D eigenvalue weighted by atomic mass is 32.1. The molecule has 15 heavy (non-hydrogen) atoms. The van der Waals surface area contributed by atoms with Crippen molar-refractivity contribution in [2.45, 2.75) is 13.0 Å². The first-order valence-corrected chi connectivity index (χ1v) is 5.21. The zero-order valence-electron chi connectivity index (χ0n) is 7.89. The molecule has 0 aliphatic carbocycles. The third-order valence-corrected chi connectivity index (χ3v) is 3.24. The molecule has 0 bridgehead atoms. The largest absolute Gasteiger partial charge is 0.332 e. The Morgan fingerprint density at radius 3 is 2.60 bits per heavy atom. The number of thiophene rings is 1. The molecule has 1 fully saturated rings. The minimum Gasteiger partial charge on any atom is -0.269 e. The minimum atomic E-state index is -0.858. The zero-order valence-corrected chi connectivity index (χ0v) is 8.71. The standard InChI is InChI=1S/C9H8N2O3S/c1-5(6-3-2-4-15-6)11-8(13)7(12)10-9(11)14/h2-5H,1H3,(H,10,12,14). The summed E-state index contributed by atoms with van der Waals surface area (Å²) in [5, 5.41) is 3.82. The van der Waals surface area contributed by atoms with Crippen LogP contribution in [0.3, 0.4) is 0 Å². The van der Waals surface area contributed by atoms with Crippen molar-refractivity contribution in [3.8, 4) is 0 Å². The van der Waals surface area contributed by atoms with E-state index in [1.807, 2.05) is 22.8 Å². The Morgan fingerprint density at radius 2 is 2.13 bits per heavy atom. The summed E-state index contributed by atoms with van der Waals surface area (Å²) in [4.78, 5) is 35.4. The molecule has 2 rings (SSSR count). The first-order valence-electron chi connectivity index (χ1n) is 4.33. The lowest BCUT2D eigenvalue weighted by atomic mass is 10.2. The molecule has 1 saturated heterocycles. The zero-order chi connectivity index (χ0) is 11.0. The van der Waals surface area contributed by atoms with Gasteiger partial charge in [-0.05, 0) is 18.4 Å². The Morgan fingerprint density at radius 1 is 1.40 bits per heavy atom. The van der Waals surface area contributed by atoms with Crippen LogP contribution in [0.25, 0.3) is 0 Å². The Balaban J connectivity index is 2.28. The van der Waals surface area contributed by atoms with Crippen molar-refractivity contribution in [3.05, 3.63) is 22.4 Å². The van der Waals surface area contributed by atoms with E-state index in [9.17, 15) is 14.4 Å². The molecule has 78 valence electrons. The highest BCUT2D eigenvalue weighted by Crippen LogP contribution is 2.26. The summed E-state index contributed by atoms with van der Waals surface area (Å²) in [7, 11) is 0. The lowest BCUT2D eigenvalue weighted by Crippen LogP contribution is -2.33. The van der Waals surface area contributed by atoms with Crippen molar-refractivity contribution >= 4 is 29.2 Å². The lowest BCUT2D eigenvalue weighted by Gasteiger charge is -2.18. The number of carbonyl (C=O) groups is 3. The third-order valence-electron chi connectivity index (χ3n) is 2.19. The number of amides is 4. The van der Waals surface area contributed by atoms with E-state index in [4.69, 9.17) is 0 Å². The van der Waals surface area contributed by atoms with Gasteiger partial charge in [-0.25, -0.2) is 9.69 Å². The molecule has 6 heteroatoms. The smallest absolute Gasteiger partial charge is 0.269 e. The van der Waals surface area contributed by atoms with Crippen molar-refractivity contribution in [2.75, 3.05) is 0 Å². The van der Waals surface area contributed by atoms with Gasteiger partial charge in [0.2, 0.25) is 0 Å². The van der Waals surface area contributed by atoms with Gasteiger partial charge >= 0.3 is 17.8 Å². The number of nitrogens with zero attached hydrogens (tertiary/aromatic N) is 1. The van der Waals surface area contributed by atoms with Gasteiger partial charge in [0.15, 0.2) is 0 Å². The van der Waals surface area contributed by atoms with Crippen LogP contribution < -0.4 is 5.32 Å². The van der Waals surface area contributed by atoms with Crippen LogP contribution in [0, 0.1) is 0 Å². The van der Waals surface area contributed by atoms with E-state index in [1.54, 1.807) is 6.92 Å². The predicted molar refractivity (Wildman–Crippen MR) is 53.1 cm³/mol. The summed E-state index contributed by atoms with van der Waals surface area (Å²) in [6.45, 7) is 1.71. The fraction of sp³-hybridized carbons (Fsp3) is 0.222. The summed E-state index contributed by atoms with van der Waals surface area (Å²) < 4.78 is 0. The van der Waals surface area contributed by atoms with Crippen molar-refractivity contribution < 1.29 is 14.4 Å². The number of hydrogen-bond donors (Lipinski definition) is 1. The number of urea groups is 1. The van der Waals surface area contributed by atoms with Crippen LogP contribution in [0.2, 0.25) is 0 Å². The molecule has 1 aliphatic rings. The topological polar surface area (TPSA) is 66.5 Å². The first-order chi connectivity index (χ1) is 7.11. The molecule has 0 saturated carbocycles. The second-order valence-electron chi connectivity index (χ2n) is 3.13. The van der Waals surface area contributed by atoms with Crippen molar-refractivity contribution in [3.63, 3.8) is 0 Å². The lowest BCUT2D eigenvalue weighted by molar-refractivity contribution is -0.140. The van der Waals surface area contributed by atoms with E-state index < -0.39 is 23.9 Å². The molecule has 0 aromatic carbocycles. The number of rotatable bonds is 2. The summed E-state index contributed by atoms with van der Waals surface area (Å²) in [6.07, 6.45) is 0. The van der Waals surface area contributed by atoms with E-state index in [0.717, 1.165) is 9.78 Å². The Bertz CT molecular complexity index is 427. The fourth-order valence-corrected chi connectivity index (χ4v) is 2.19. The molecule has 5 nitrogen and oxygen atoms in total. The van der Waals surface area contributed by atoms with Crippen LogP contribution in [0.1, 0.15) is 17.8 Å². The van der Waals surface area contributed by atoms with Crippen molar-refractivity contribution in [1.29, 1.82) is 0 Å². The fourth-order valence-electron chi connectivity index (χ4n) is 1.42. The van der Waals surface area contributed by atoms with E-state index in [1.165, 1.54) is 11.3 Å². The van der Waals surface area contributed by atoms with Crippen LogP contribution in [-0.2, 0) is 9.59 Å². The van der Waals surface area contributed by atoms with Crippen LogP contribution in [0.5, 0.6) is 0 Å². The van der Waals surface area contributed by atoms with Gasteiger partial charge in [0.25, 0.3) is 0 Å². The molecule has 1 aromatic heterocycles. The maximum atomic E-state index is 11.4. The quantitative estimate of drug-likeness (QED) is 0.599. The Labute approximate surface area is 89.7 Å². The van der Waals surface area contributed by atoms with Crippen molar-refractivity contribution in [2.24, 2.45) is 0 Å². The average Bonchev–Trinajstić information content (AvgIpc) is 2.76. The van der Waals surface area contributed by atoms with Gasteiger partial charge in [0.05, 0.1) is 6.04 Å². The molecule has 1 aliphatic heterocycles. The third kappa shape index (κ3) is 1.52. The first kappa shape index (κ1) is 9.85. The van der Waals surface area contributed by atoms with Crippen molar-refractivity contribution in [1.82, 2.24) is 10.2 Å². The minimum absolute atomic E-state index is 0.399. The van der Waals surface area contributed by atoms with E-state index in [2.05, 4.69) is 0 Å². The number of nitrogens with one attached hydrogen (secondary N) is 1. The van der Waals surface area contributed by atoms with Gasteiger partial charge in [0, 0.05) is 4.88 Å². The van der Waals surface area contributed by atoms with Gasteiger partial charge < -0.3 is 0 Å². The highest BCUT2D eigenvalue weighted by Gasteiger charge is 2.40. The van der Waals surface area contributed by atoms with Crippen LogP contribution in [0.15, 0.2) is 17.5 Å². The maximum Gasteiger partial charge on any atom is 0.332 e. The van der Waals surface area contributed by atoms with Gasteiger partial charge in [-0.1, -0.05) is 6.07 Å². The van der Waals surface area contributed by atoms with Crippen LogP contribution >= 0.6 is 11.3 Å². The summed E-state index contributed by atoms with van der Waals surface area (Å²) in [5.74, 6) is -1.65. The predicted octanol–water partition coefficient (Wildman–Crippen LogP) is 0.888. The molecule has 0 radical (unpaired) electrons. The summed E-state index contributed by atoms with van der Waals surface area (Å²) in [6, 6.07) is 2.60. The van der Waals surface area contributed by atoms with E-state index in [0.29, 0.717) is 0 Å².